The summed E-state index contributed by atoms with van der Waals surface area (Å²) in [6, 6.07) is 10.5. The van der Waals surface area contributed by atoms with E-state index < -0.39 is 0 Å². The van der Waals surface area contributed by atoms with E-state index in [1.807, 2.05) is 23.2 Å². The van der Waals surface area contributed by atoms with E-state index in [0.29, 0.717) is 0 Å². The quantitative estimate of drug-likeness (QED) is 0.838. The topological polar surface area (TPSA) is 31.2 Å². The van der Waals surface area contributed by atoms with Gasteiger partial charge in [0.15, 0.2) is 0 Å². The van der Waals surface area contributed by atoms with Gasteiger partial charge in [0, 0.05) is 13.1 Å². The number of hydrogen-bond donors (Lipinski definition) is 0. The molecule has 0 radical (unpaired) electrons. The first kappa shape index (κ1) is 13.3. The molecule has 0 N–H and O–H groups in total. The van der Waals surface area contributed by atoms with E-state index in [9.17, 15) is 0 Å². The molecular weight excluding hydrogens is 248 g/mol. The fourth-order valence-corrected chi connectivity index (χ4v) is 3.07. The number of nitrogens with zero attached hydrogens (tertiary/aromatic N) is 4. The zero-order valence-electron chi connectivity index (χ0n) is 12.1. The van der Waals surface area contributed by atoms with Crippen LogP contribution in [0, 0.1) is 0 Å². The Morgan fingerprint density at radius 1 is 1.25 bits per heavy atom. The summed E-state index contributed by atoms with van der Waals surface area (Å²) in [5.41, 5.74) is 2.06. The van der Waals surface area contributed by atoms with Gasteiger partial charge in [-0.2, -0.15) is 5.11 Å². The summed E-state index contributed by atoms with van der Waals surface area (Å²) in [5.74, 6) is 0. The molecule has 1 fully saturated rings. The van der Waals surface area contributed by atoms with Crippen LogP contribution in [-0.4, -0.2) is 35.2 Å². The van der Waals surface area contributed by atoms with Gasteiger partial charge in [0.1, 0.15) is 12.2 Å². The van der Waals surface area contributed by atoms with E-state index in [1.165, 1.54) is 12.8 Å². The Kier molecular flexibility index (Phi) is 3.83. The third-order valence-corrected chi connectivity index (χ3v) is 4.21. The van der Waals surface area contributed by atoms with E-state index >= 15 is 0 Å². The minimum atomic E-state index is 0.246. The number of hydrogen-bond acceptors (Lipinski definition) is 4. The van der Waals surface area contributed by atoms with Gasteiger partial charge in [-0.05, 0) is 24.8 Å². The van der Waals surface area contributed by atoms with E-state index in [-0.39, 0.29) is 12.2 Å². The maximum atomic E-state index is 4.46. The highest BCUT2D eigenvalue weighted by atomic mass is 15.7. The summed E-state index contributed by atoms with van der Waals surface area (Å²) in [4.78, 5) is 2.50. The molecule has 2 atom stereocenters. The maximum Gasteiger partial charge on any atom is 0.131 e. The summed E-state index contributed by atoms with van der Waals surface area (Å²) in [6.07, 6.45) is 3.82. The van der Waals surface area contributed by atoms with Crippen molar-refractivity contribution >= 4 is 5.70 Å². The van der Waals surface area contributed by atoms with Crippen LogP contribution in [0.5, 0.6) is 0 Å². The second-order valence-electron chi connectivity index (χ2n) is 5.49. The predicted octanol–water partition coefficient (Wildman–Crippen LogP) is 3.54. The highest BCUT2D eigenvalue weighted by Crippen LogP contribution is 2.32. The van der Waals surface area contributed by atoms with Crippen molar-refractivity contribution in [3.8, 4) is 0 Å². The Morgan fingerprint density at radius 2 is 1.95 bits per heavy atom. The largest absolute Gasteiger partial charge is 0.280 e. The number of rotatable bonds is 4. The molecule has 0 amide bonds. The molecule has 1 aromatic rings. The summed E-state index contributed by atoms with van der Waals surface area (Å²) in [7, 11) is 0. The van der Waals surface area contributed by atoms with Crippen molar-refractivity contribution in [3.05, 3.63) is 42.5 Å². The van der Waals surface area contributed by atoms with Crippen molar-refractivity contribution in [3.63, 3.8) is 0 Å². The number of benzene rings is 1. The summed E-state index contributed by atoms with van der Waals surface area (Å²) >= 11 is 0. The first-order chi connectivity index (χ1) is 9.81. The minimum absolute atomic E-state index is 0.246. The molecule has 4 nitrogen and oxygen atoms in total. The fraction of sp³-hybridized carbons (Fsp3) is 0.500. The van der Waals surface area contributed by atoms with Crippen molar-refractivity contribution in [2.75, 3.05) is 13.1 Å². The summed E-state index contributed by atoms with van der Waals surface area (Å²) < 4.78 is 0. The molecule has 2 heterocycles. The van der Waals surface area contributed by atoms with Crippen LogP contribution in [-0.2, 0) is 0 Å². The maximum absolute atomic E-state index is 4.46. The highest BCUT2D eigenvalue weighted by Gasteiger charge is 2.38. The van der Waals surface area contributed by atoms with Gasteiger partial charge in [-0.25, -0.2) is 5.01 Å². The zero-order valence-corrected chi connectivity index (χ0v) is 12.1. The van der Waals surface area contributed by atoms with Gasteiger partial charge in [0.2, 0.25) is 0 Å². The lowest BCUT2D eigenvalue weighted by Gasteiger charge is -2.33. The van der Waals surface area contributed by atoms with Crippen LogP contribution in [0.15, 0.2) is 47.2 Å². The van der Waals surface area contributed by atoms with Crippen LogP contribution in [0.2, 0.25) is 0 Å². The average molecular weight is 270 g/mol. The van der Waals surface area contributed by atoms with Gasteiger partial charge < -0.3 is 0 Å². The van der Waals surface area contributed by atoms with E-state index in [4.69, 9.17) is 0 Å². The SMILES string of the molecule is C=C(c1ccccc1)N1N=NC(CC)C1N1CCCC1. The van der Waals surface area contributed by atoms with Crippen LogP contribution in [0.4, 0.5) is 0 Å². The molecule has 2 aliphatic heterocycles. The minimum Gasteiger partial charge on any atom is -0.280 e. The van der Waals surface area contributed by atoms with Crippen LogP contribution >= 0.6 is 0 Å². The third-order valence-electron chi connectivity index (χ3n) is 4.21. The molecule has 0 aliphatic carbocycles. The van der Waals surface area contributed by atoms with Crippen molar-refractivity contribution in [2.24, 2.45) is 10.3 Å². The first-order valence-electron chi connectivity index (χ1n) is 7.49. The van der Waals surface area contributed by atoms with Crippen molar-refractivity contribution in [1.82, 2.24) is 9.91 Å². The van der Waals surface area contributed by atoms with Crippen molar-refractivity contribution in [2.45, 2.75) is 38.4 Å². The van der Waals surface area contributed by atoms with E-state index in [2.05, 4.69) is 40.9 Å². The van der Waals surface area contributed by atoms with Crippen molar-refractivity contribution in [1.29, 1.82) is 0 Å². The second-order valence-corrected chi connectivity index (χ2v) is 5.49. The zero-order chi connectivity index (χ0) is 13.9. The molecule has 0 saturated carbocycles. The Labute approximate surface area is 120 Å². The summed E-state index contributed by atoms with van der Waals surface area (Å²) in [6.45, 7) is 8.71. The van der Waals surface area contributed by atoms with E-state index in [1.54, 1.807) is 0 Å². The molecule has 2 unspecified atom stereocenters. The predicted molar refractivity (Wildman–Crippen MR) is 80.8 cm³/mol. The van der Waals surface area contributed by atoms with Gasteiger partial charge in [-0.3, -0.25) is 4.90 Å². The third kappa shape index (κ3) is 2.36. The van der Waals surface area contributed by atoms with Crippen LogP contribution in [0.3, 0.4) is 0 Å². The standard InChI is InChI=1S/C16H22N4/c1-3-15-16(19-11-7-8-12-19)20(18-17-15)13(2)14-9-5-4-6-10-14/h4-6,9-10,15-16H,2-3,7-8,11-12H2,1H3. The van der Waals surface area contributed by atoms with Crippen LogP contribution in [0.25, 0.3) is 5.70 Å². The Bertz CT molecular complexity index is 490. The lowest BCUT2D eigenvalue weighted by Crippen LogP contribution is -2.47. The average Bonchev–Trinajstić information content (AvgIpc) is 3.15. The molecule has 106 valence electrons. The van der Waals surface area contributed by atoms with Gasteiger partial charge in [-0.15, -0.1) is 0 Å². The van der Waals surface area contributed by atoms with Gasteiger partial charge in [-0.1, -0.05) is 49.1 Å². The Morgan fingerprint density at radius 3 is 2.60 bits per heavy atom. The Balaban J connectivity index is 1.83. The molecule has 20 heavy (non-hydrogen) atoms. The second kappa shape index (κ2) is 5.75. The first-order valence-corrected chi connectivity index (χ1v) is 7.49. The molecular formula is C16H22N4. The van der Waals surface area contributed by atoms with Crippen LogP contribution in [0.1, 0.15) is 31.7 Å². The molecule has 2 aliphatic rings. The molecule has 0 bridgehead atoms. The fourth-order valence-electron chi connectivity index (χ4n) is 3.07. The van der Waals surface area contributed by atoms with Crippen LogP contribution < -0.4 is 0 Å². The van der Waals surface area contributed by atoms with E-state index in [0.717, 1.165) is 30.8 Å². The molecule has 4 heteroatoms. The number of likely N-dealkylation sites (tertiary alicyclic amines) is 1. The van der Waals surface area contributed by atoms with Gasteiger partial charge >= 0.3 is 0 Å². The molecule has 1 saturated heterocycles. The molecule has 0 aromatic heterocycles. The monoisotopic (exact) mass is 270 g/mol. The normalized spacial score (nSPS) is 26.4. The van der Waals surface area contributed by atoms with Gasteiger partial charge in [0.05, 0.1) is 5.70 Å². The Hall–Kier alpha value is -1.68. The molecule has 3 rings (SSSR count). The lowest BCUT2D eigenvalue weighted by atomic mass is 10.1. The highest BCUT2D eigenvalue weighted by molar-refractivity contribution is 5.61. The summed E-state index contributed by atoms with van der Waals surface area (Å²) in [5, 5.41) is 10.9. The molecule has 1 aromatic carbocycles. The smallest absolute Gasteiger partial charge is 0.131 e. The van der Waals surface area contributed by atoms with Crippen molar-refractivity contribution < 1.29 is 0 Å². The molecule has 0 spiro atoms. The van der Waals surface area contributed by atoms with Gasteiger partial charge in [0.25, 0.3) is 0 Å². The lowest BCUT2D eigenvalue weighted by molar-refractivity contribution is 0.115.